The number of aliphatic hydroxyl groups is 1. The summed E-state index contributed by atoms with van der Waals surface area (Å²) in [6.07, 6.45) is 2.24. The Hall–Kier alpha value is -3.85. The molecule has 2 aromatic heterocycles. The number of likely N-dealkylation sites (tertiary alicyclic amines) is 1. The minimum atomic E-state index is -0.870. The van der Waals surface area contributed by atoms with Crippen LogP contribution in [0.3, 0.4) is 0 Å². The Morgan fingerprint density at radius 1 is 1.21 bits per heavy atom. The maximum Gasteiger partial charge on any atom is 0.295 e. The fourth-order valence-electron chi connectivity index (χ4n) is 4.33. The summed E-state index contributed by atoms with van der Waals surface area (Å²) < 4.78 is 12.3. The number of aromatic hydroxyl groups is 1. The van der Waals surface area contributed by atoms with Crippen molar-refractivity contribution in [2.24, 2.45) is 0 Å². The molecule has 3 heterocycles. The van der Waals surface area contributed by atoms with Gasteiger partial charge < -0.3 is 24.6 Å². The molecule has 0 saturated carbocycles. The van der Waals surface area contributed by atoms with Crippen molar-refractivity contribution in [3.8, 4) is 11.5 Å². The van der Waals surface area contributed by atoms with E-state index in [-0.39, 0.29) is 29.4 Å². The number of methoxy groups -OCH3 is 1. The number of hydrogen-bond acceptors (Lipinski definition) is 7. The van der Waals surface area contributed by atoms with E-state index in [4.69, 9.17) is 9.47 Å². The molecule has 1 aliphatic rings. The third kappa shape index (κ3) is 3.99. The van der Waals surface area contributed by atoms with E-state index in [0.29, 0.717) is 42.2 Å². The van der Waals surface area contributed by atoms with Gasteiger partial charge in [0.1, 0.15) is 11.3 Å². The number of aliphatic hydroxyl groups excluding tert-OH is 1. The summed E-state index contributed by atoms with van der Waals surface area (Å²) >= 11 is 0. The number of aryl methyl sites for hydroxylation is 1. The first-order chi connectivity index (χ1) is 16.4. The van der Waals surface area contributed by atoms with Crippen LogP contribution in [0.5, 0.6) is 11.5 Å². The van der Waals surface area contributed by atoms with Crippen molar-refractivity contribution in [3.05, 3.63) is 65.1 Å². The molecule has 1 aromatic carbocycles. The highest BCUT2D eigenvalue weighted by atomic mass is 16.5. The van der Waals surface area contributed by atoms with Crippen molar-refractivity contribution in [2.75, 3.05) is 26.9 Å². The maximum atomic E-state index is 13.2. The third-order valence-electron chi connectivity index (χ3n) is 5.82. The molecule has 0 aliphatic carbocycles. The summed E-state index contributed by atoms with van der Waals surface area (Å²) in [6.45, 7) is 4.50. The number of phenols is 1. The van der Waals surface area contributed by atoms with Crippen LogP contribution in [0, 0.1) is 6.92 Å². The molecule has 1 unspecified atom stereocenters. The van der Waals surface area contributed by atoms with Gasteiger partial charge in [0, 0.05) is 26.5 Å². The molecule has 34 heavy (non-hydrogen) atoms. The summed E-state index contributed by atoms with van der Waals surface area (Å²) in [7, 11) is 1.56. The molecule has 4 rings (SSSR count). The van der Waals surface area contributed by atoms with E-state index < -0.39 is 17.7 Å². The van der Waals surface area contributed by atoms with E-state index in [1.165, 1.54) is 11.0 Å². The number of pyridine rings is 1. The van der Waals surface area contributed by atoms with Crippen LogP contribution < -0.4 is 4.74 Å². The Balaban J connectivity index is 1.92. The number of nitrogens with zero attached hydrogens (tertiary/aromatic N) is 3. The molecule has 0 radical (unpaired) electrons. The third-order valence-corrected chi connectivity index (χ3v) is 5.82. The standard InChI is InChI=1S/C25H27N3O6/c1-4-34-18-14-16(9-10-17(18)29)22-20(24(31)25(32)28(22)12-7-13-33-3)23(30)21-15(2)26-19-8-5-6-11-27(19)21/h5-6,8-11,14,22,29-30H,4,7,12-13H2,1-3H3. The number of carbonyl (C=O) groups excluding carboxylic acids is 2. The van der Waals surface area contributed by atoms with Crippen LogP contribution in [-0.4, -0.2) is 63.1 Å². The number of ketones is 1. The van der Waals surface area contributed by atoms with Crippen molar-refractivity contribution in [1.29, 1.82) is 0 Å². The lowest BCUT2D eigenvalue weighted by Gasteiger charge is -2.25. The number of rotatable bonds is 8. The van der Waals surface area contributed by atoms with Crippen LogP contribution in [-0.2, 0) is 14.3 Å². The van der Waals surface area contributed by atoms with Gasteiger partial charge in [0.25, 0.3) is 11.7 Å². The summed E-state index contributed by atoms with van der Waals surface area (Å²) in [6, 6.07) is 9.20. The number of Topliss-reactive ketones (excluding diaryl/α,β-unsaturated/α-hetero) is 1. The molecular weight excluding hydrogens is 438 g/mol. The molecule has 3 aromatic rings. The fraction of sp³-hybridized carbons (Fsp3) is 0.320. The average Bonchev–Trinajstić information content (AvgIpc) is 3.29. The predicted molar refractivity (Wildman–Crippen MR) is 125 cm³/mol. The second-order valence-corrected chi connectivity index (χ2v) is 7.97. The zero-order valence-electron chi connectivity index (χ0n) is 19.3. The highest BCUT2D eigenvalue weighted by Crippen LogP contribution is 2.42. The number of ether oxygens (including phenoxy) is 2. The van der Waals surface area contributed by atoms with Gasteiger partial charge >= 0.3 is 0 Å². The number of amides is 1. The van der Waals surface area contributed by atoms with Crippen molar-refractivity contribution < 1.29 is 29.3 Å². The van der Waals surface area contributed by atoms with Crippen LogP contribution >= 0.6 is 0 Å². The Labute approximate surface area is 196 Å². The second-order valence-electron chi connectivity index (χ2n) is 7.97. The lowest BCUT2D eigenvalue weighted by molar-refractivity contribution is -0.140. The molecule has 2 N–H and O–H groups in total. The number of carbonyl (C=O) groups is 2. The van der Waals surface area contributed by atoms with Gasteiger partial charge in [0.15, 0.2) is 17.3 Å². The number of benzene rings is 1. The molecule has 0 bridgehead atoms. The SMILES string of the molecule is CCOc1cc(C2C(=C(O)c3c(C)nc4ccccn34)C(=O)C(=O)N2CCCOC)ccc1O. The largest absolute Gasteiger partial charge is 0.505 e. The molecule has 9 heteroatoms. The normalized spacial score (nSPS) is 17.6. The molecule has 0 spiro atoms. The van der Waals surface area contributed by atoms with Crippen LogP contribution in [0.25, 0.3) is 11.4 Å². The summed E-state index contributed by atoms with van der Waals surface area (Å²) in [5, 5.41) is 21.6. The van der Waals surface area contributed by atoms with Crippen LogP contribution in [0.1, 0.15) is 36.3 Å². The van der Waals surface area contributed by atoms with Gasteiger partial charge in [0.2, 0.25) is 0 Å². The van der Waals surface area contributed by atoms with Gasteiger partial charge in [-0.2, -0.15) is 0 Å². The number of hydrogen-bond donors (Lipinski definition) is 2. The van der Waals surface area contributed by atoms with E-state index >= 15 is 0 Å². The lowest BCUT2D eigenvalue weighted by atomic mass is 9.96. The molecule has 1 aliphatic heterocycles. The minimum Gasteiger partial charge on any atom is -0.505 e. The molecule has 9 nitrogen and oxygen atoms in total. The number of phenolic OH excluding ortho intramolecular Hbond substituents is 1. The lowest BCUT2D eigenvalue weighted by Crippen LogP contribution is -2.31. The van der Waals surface area contributed by atoms with Crippen LogP contribution in [0.15, 0.2) is 48.2 Å². The van der Waals surface area contributed by atoms with Gasteiger partial charge in [-0.15, -0.1) is 0 Å². The second kappa shape index (κ2) is 9.56. The van der Waals surface area contributed by atoms with Crippen molar-refractivity contribution in [2.45, 2.75) is 26.3 Å². The van der Waals surface area contributed by atoms with E-state index in [9.17, 15) is 19.8 Å². The first kappa shape index (κ1) is 23.3. The summed E-state index contributed by atoms with van der Waals surface area (Å²) in [4.78, 5) is 32.2. The summed E-state index contributed by atoms with van der Waals surface area (Å²) in [5.41, 5.74) is 1.97. The Bertz CT molecular complexity index is 1280. The molecule has 1 saturated heterocycles. The monoisotopic (exact) mass is 465 g/mol. The first-order valence-electron chi connectivity index (χ1n) is 11.1. The Morgan fingerprint density at radius 2 is 2.00 bits per heavy atom. The van der Waals surface area contributed by atoms with Gasteiger partial charge in [0.05, 0.1) is 23.9 Å². The zero-order valence-corrected chi connectivity index (χ0v) is 19.3. The minimum absolute atomic E-state index is 0.0377. The van der Waals surface area contributed by atoms with Gasteiger partial charge in [-0.1, -0.05) is 12.1 Å². The molecule has 1 atom stereocenters. The zero-order chi connectivity index (χ0) is 24.4. The fourth-order valence-corrected chi connectivity index (χ4v) is 4.33. The molecular formula is C25H27N3O6. The Morgan fingerprint density at radius 3 is 2.74 bits per heavy atom. The van der Waals surface area contributed by atoms with Crippen molar-refractivity contribution in [1.82, 2.24) is 14.3 Å². The number of imidazole rings is 1. The molecule has 1 fully saturated rings. The smallest absolute Gasteiger partial charge is 0.295 e. The highest BCUT2D eigenvalue weighted by Gasteiger charge is 2.46. The topological polar surface area (TPSA) is 114 Å². The Kier molecular flexibility index (Phi) is 6.56. The van der Waals surface area contributed by atoms with Crippen molar-refractivity contribution in [3.63, 3.8) is 0 Å². The first-order valence-corrected chi connectivity index (χ1v) is 11.1. The predicted octanol–water partition coefficient (Wildman–Crippen LogP) is 3.21. The van der Waals surface area contributed by atoms with E-state index in [1.807, 2.05) is 6.07 Å². The summed E-state index contributed by atoms with van der Waals surface area (Å²) in [5.74, 6) is -1.62. The van der Waals surface area contributed by atoms with Crippen molar-refractivity contribution >= 4 is 23.1 Å². The maximum absolute atomic E-state index is 13.2. The van der Waals surface area contributed by atoms with Crippen LogP contribution in [0.4, 0.5) is 0 Å². The van der Waals surface area contributed by atoms with Gasteiger partial charge in [-0.25, -0.2) is 4.98 Å². The van der Waals surface area contributed by atoms with E-state index in [1.54, 1.807) is 55.8 Å². The quantitative estimate of drug-likeness (QED) is 0.227. The molecule has 178 valence electrons. The van der Waals surface area contributed by atoms with Gasteiger partial charge in [-0.05, 0) is 50.1 Å². The average molecular weight is 466 g/mol. The van der Waals surface area contributed by atoms with E-state index in [0.717, 1.165) is 0 Å². The van der Waals surface area contributed by atoms with Crippen LogP contribution in [0.2, 0.25) is 0 Å². The highest BCUT2D eigenvalue weighted by molar-refractivity contribution is 6.46. The number of fused-ring (bicyclic) bond motifs is 1. The van der Waals surface area contributed by atoms with E-state index in [2.05, 4.69) is 4.98 Å². The van der Waals surface area contributed by atoms with Gasteiger partial charge in [-0.3, -0.25) is 14.0 Å². The number of aromatic nitrogens is 2. The molecule has 1 amide bonds.